The normalized spacial score (nSPS) is 36.7. The molecule has 1 aliphatic heterocycles. The van der Waals surface area contributed by atoms with Crippen LogP contribution in [0.5, 0.6) is 0 Å². The van der Waals surface area contributed by atoms with Crippen LogP contribution in [0.15, 0.2) is 42.5 Å². The lowest BCUT2D eigenvalue weighted by atomic mass is 9.44. The molecule has 0 bridgehead atoms. The average molecular weight is 586 g/mol. The molecule has 2 fully saturated rings. The number of aliphatic hydroxyl groups is 1. The lowest BCUT2D eigenvalue weighted by molar-refractivity contribution is -0.132. The van der Waals surface area contributed by atoms with Gasteiger partial charge in [0.15, 0.2) is 0 Å². The zero-order valence-electron chi connectivity index (χ0n) is 27.4. The highest BCUT2D eigenvalue weighted by molar-refractivity contribution is 5.92. The Kier molecular flexibility index (Phi) is 7.03. The number of carboxylic acids is 1. The van der Waals surface area contributed by atoms with Crippen LogP contribution in [0.25, 0.3) is 16.5 Å². The Bertz CT molecular complexity index is 1560. The molecule has 2 saturated carbocycles. The van der Waals surface area contributed by atoms with E-state index in [1.807, 2.05) is 0 Å². The van der Waals surface area contributed by atoms with Crippen LogP contribution >= 0.6 is 0 Å². The number of H-pyrrole nitrogens is 1. The summed E-state index contributed by atoms with van der Waals surface area (Å²) in [7, 11) is 0. The molecule has 7 rings (SSSR count). The van der Waals surface area contributed by atoms with Crippen molar-refractivity contribution in [3.8, 4) is 0 Å². The van der Waals surface area contributed by atoms with Gasteiger partial charge in [-0.25, -0.2) is 4.79 Å². The fourth-order valence-electron chi connectivity index (χ4n) is 10.3. The molecule has 232 valence electrons. The van der Waals surface area contributed by atoms with Gasteiger partial charge in [-0.3, -0.25) is 0 Å². The number of aliphatic hydroxyl groups excluding tert-OH is 1. The van der Waals surface area contributed by atoms with E-state index in [2.05, 4.69) is 78.2 Å². The van der Waals surface area contributed by atoms with E-state index in [1.165, 1.54) is 71.6 Å². The number of aromatic amines is 1. The first kappa shape index (κ1) is 30.4. The summed E-state index contributed by atoms with van der Waals surface area (Å²) < 4.78 is 6.51. The van der Waals surface area contributed by atoms with Gasteiger partial charge in [-0.15, -0.1) is 0 Å². The van der Waals surface area contributed by atoms with Crippen molar-refractivity contribution in [3.63, 3.8) is 0 Å². The first-order valence-corrected chi connectivity index (χ1v) is 16.4. The molecule has 0 radical (unpaired) electrons. The van der Waals surface area contributed by atoms with Gasteiger partial charge in [-0.2, -0.15) is 0 Å². The SMILES string of the molecule is C=C/C=C(\C)C(=O)O.C[C@H]1C(O)CC[C@@]2(C)C1CCC1Cc3c([nH]c4cc5c(cc34)C3=CC(C)(C)OC(C)(C)C3C5)[C@@]12C. The fraction of sp³-hybridized carbons (Fsp3) is 0.605. The predicted molar refractivity (Wildman–Crippen MR) is 174 cm³/mol. The Hall–Kier alpha value is -2.63. The molecule has 5 nitrogen and oxygen atoms in total. The van der Waals surface area contributed by atoms with Gasteiger partial charge in [-0.1, -0.05) is 39.5 Å². The molecule has 5 aliphatic rings. The number of aromatic nitrogens is 1. The summed E-state index contributed by atoms with van der Waals surface area (Å²) in [5.74, 6) is 1.24. The molecular formula is C38H51NO4. The molecule has 4 unspecified atom stereocenters. The topological polar surface area (TPSA) is 82.5 Å². The zero-order valence-corrected chi connectivity index (χ0v) is 27.4. The zero-order chi connectivity index (χ0) is 31.3. The number of hydrogen-bond acceptors (Lipinski definition) is 3. The molecule has 43 heavy (non-hydrogen) atoms. The summed E-state index contributed by atoms with van der Waals surface area (Å²) in [4.78, 5) is 14.0. The Morgan fingerprint density at radius 2 is 1.81 bits per heavy atom. The van der Waals surface area contributed by atoms with E-state index in [9.17, 15) is 9.90 Å². The molecule has 2 heterocycles. The summed E-state index contributed by atoms with van der Waals surface area (Å²) in [6.07, 6.45) is 12.1. The van der Waals surface area contributed by atoms with Crippen molar-refractivity contribution < 1.29 is 19.7 Å². The Labute approximate surface area is 257 Å². The van der Waals surface area contributed by atoms with Crippen molar-refractivity contribution in [2.24, 2.45) is 29.1 Å². The van der Waals surface area contributed by atoms with Gasteiger partial charge < -0.3 is 19.9 Å². The Morgan fingerprint density at radius 3 is 2.47 bits per heavy atom. The summed E-state index contributed by atoms with van der Waals surface area (Å²) in [5, 5.41) is 20.4. The minimum Gasteiger partial charge on any atom is -0.478 e. The summed E-state index contributed by atoms with van der Waals surface area (Å²) in [6.45, 7) is 21.3. The van der Waals surface area contributed by atoms with E-state index >= 15 is 0 Å². The Balaban J connectivity index is 0.000000365. The molecule has 0 spiro atoms. The predicted octanol–water partition coefficient (Wildman–Crippen LogP) is 8.15. The van der Waals surface area contributed by atoms with Crippen molar-refractivity contribution in [1.82, 2.24) is 4.98 Å². The molecule has 4 aliphatic carbocycles. The fourth-order valence-corrected chi connectivity index (χ4v) is 10.3. The van der Waals surface area contributed by atoms with Crippen molar-refractivity contribution in [2.75, 3.05) is 0 Å². The monoisotopic (exact) mass is 585 g/mol. The number of fused-ring (bicyclic) bond motifs is 10. The van der Waals surface area contributed by atoms with Crippen LogP contribution in [0.4, 0.5) is 0 Å². The third-order valence-corrected chi connectivity index (χ3v) is 12.6. The third-order valence-electron chi connectivity index (χ3n) is 12.6. The van der Waals surface area contributed by atoms with E-state index in [-0.39, 0.29) is 28.1 Å². The highest BCUT2D eigenvalue weighted by atomic mass is 16.5. The number of rotatable bonds is 2. The van der Waals surface area contributed by atoms with Crippen LogP contribution in [0, 0.1) is 29.1 Å². The molecule has 1 aromatic heterocycles. The molecule has 3 N–H and O–H groups in total. The second-order valence-corrected chi connectivity index (χ2v) is 15.8. The molecule has 0 saturated heterocycles. The lowest BCUT2D eigenvalue weighted by Gasteiger charge is -2.61. The second-order valence-electron chi connectivity index (χ2n) is 15.8. The maximum absolute atomic E-state index is 10.7. The smallest absolute Gasteiger partial charge is 0.331 e. The van der Waals surface area contributed by atoms with Gasteiger partial charge in [0.2, 0.25) is 0 Å². The van der Waals surface area contributed by atoms with Gasteiger partial charge in [0.25, 0.3) is 0 Å². The number of allylic oxidation sites excluding steroid dienone is 2. The van der Waals surface area contributed by atoms with Crippen molar-refractivity contribution in [3.05, 3.63) is 64.9 Å². The summed E-state index contributed by atoms with van der Waals surface area (Å²) in [6, 6.07) is 5.01. The number of nitrogens with one attached hydrogen (secondary N) is 1. The van der Waals surface area contributed by atoms with E-state index in [0.717, 1.165) is 19.3 Å². The van der Waals surface area contributed by atoms with Gasteiger partial charge in [0.05, 0.1) is 17.3 Å². The highest BCUT2D eigenvalue weighted by Crippen LogP contribution is 2.67. The minimum atomic E-state index is -0.898. The number of hydrogen-bond donors (Lipinski definition) is 3. The first-order valence-electron chi connectivity index (χ1n) is 16.4. The van der Waals surface area contributed by atoms with E-state index < -0.39 is 5.97 Å². The van der Waals surface area contributed by atoms with Gasteiger partial charge in [-0.05, 0) is 137 Å². The van der Waals surface area contributed by atoms with Crippen LogP contribution in [0.2, 0.25) is 0 Å². The van der Waals surface area contributed by atoms with Crippen LogP contribution < -0.4 is 0 Å². The average Bonchev–Trinajstić information content (AvgIpc) is 3.54. The third kappa shape index (κ3) is 4.43. The van der Waals surface area contributed by atoms with E-state index in [1.54, 1.807) is 5.56 Å². The largest absolute Gasteiger partial charge is 0.478 e. The second kappa shape index (κ2) is 9.94. The molecule has 2 aromatic rings. The number of benzene rings is 1. The maximum atomic E-state index is 10.7. The van der Waals surface area contributed by atoms with E-state index in [4.69, 9.17) is 9.84 Å². The van der Waals surface area contributed by atoms with Crippen LogP contribution in [0.3, 0.4) is 0 Å². The minimum absolute atomic E-state index is 0.131. The number of ether oxygens (including phenoxy) is 1. The standard InChI is InChI=1S/C32H43NO2.C6H8O2/c1-17-24-9-8-19-14-22-21-15-20-18(12-25-23(20)16-29(2,3)35-30(25,4)5)13-26(21)33-28(22)32(19,7)31(24,6)11-10-27(17)34;1-3-4-5(2)6(7)8/h13,15-17,19,24-25,27,33-34H,8-12,14H2,1-7H3;3-4H,1H2,2H3,(H,7,8)/b;5-4+/t17-,19?,24?,25?,27?,31+,32-;/m1./s1. The molecule has 1 aromatic carbocycles. The Morgan fingerprint density at radius 1 is 1.09 bits per heavy atom. The molecule has 0 amide bonds. The van der Waals surface area contributed by atoms with Crippen molar-refractivity contribution in [1.29, 1.82) is 0 Å². The van der Waals surface area contributed by atoms with Crippen molar-refractivity contribution in [2.45, 2.75) is 117 Å². The summed E-state index contributed by atoms with van der Waals surface area (Å²) in [5.41, 5.74) is 9.21. The molecule has 5 heteroatoms. The van der Waals surface area contributed by atoms with Crippen LogP contribution in [-0.4, -0.2) is 38.5 Å². The quantitative estimate of drug-likeness (QED) is 0.245. The van der Waals surface area contributed by atoms with Crippen LogP contribution in [-0.2, 0) is 27.8 Å². The molecular weight excluding hydrogens is 534 g/mol. The molecule has 7 atom stereocenters. The van der Waals surface area contributed by atoms with Gasteiger partial charge in [0.1, 0.15) is 0 Å². The van der Waals surface area contributed by atoms with E-state index in [0.29, 0.717) is 29.2 Å². The maximum Gasteiger partial charge on any atom is 0.331 e. The highest BCUT2D eigenvalue weighted by Gasteiger charge is 2.63. The van der Waals surface area contributed by atoms with Gasteiger partial charge in [0, 0.05) is 33.5 Å². The first-order chi connectivity index (χ1) is 20.0. The summed E-state index contributed by atoms with van der Waals surface area (Å²) >= 11 is 0. The van der Waals surface area contributed by atoms with Crippen molar-refractivity contribution >= 4 is 22.4 Å². The van der Waals surface area contributed by atoms with Gasteiger partial charge >= 0.3 is 5.97 Å². The van der Waals surface area contributed by atoms with Crippen LogP contribution in [0.1, 0.15) is 103 Å². The number of carboxylic acid groups (broad SMARTS) is 1. The lowest BCUT2D eigenvalue weighted by Crippen LogP contribution is -2.58. The number of carbonyl (C=O) groups is 1. The number of aliphatic carboxylic acids is 1.